The summed E-state index contributed by atoms with van der Waals surface area (Å²) in [6.45, 7) is 2.20. The molecule has 0 fully saturated rings. The molecule has 0 saturated heterocycles. The number of hydrogen-bond acceptors (Lipinski definition) is 3. The lowest BCUT2D eigenvalue weighted by atomic mass is 10.0. The first-order valence-corrected chi connectivity index (χ1v) is 5.13. The molecule has 2 rings (SSSR count). The number of nitrogens with zero attached hydrogens (tertiary/aromatic N) is 1. The van der Waals surface area contributed by atoms with E-state index in [4.69, 9.17) is 5.11 Å². The van der Waals surface area contributed by atoms with Crippen LogP contribution in [0.3, 0.4) is 0 Å². The van der Waals surface area contributed by atoms with Gasteiger partial charge >= 0.3 is 0 Å². The highest BCUT2D eigenvalue weighted by atomic mass is 32.1. The molecule has 0 bridgehead atoms. The van der Waals surface area contributed by atoms with Crippen LogP contribution in [0.1, 0.15) is 18.4 Å². The Hall–Kier alpha value is -0.930. The fourth-order valence-electron chi connectivity index (χ4n) is 1.29. The maximum absolute atomic E-state index is 8.99. The van der Waals surface area contributed by atoms with E-state index in [1.165, 1.54) is 4.70 Å². The Morgan fingerprint density at radius 2 is 2.38 bits per heavy atom. The van der Waals surface area contributed by atoms with Gasteiger partial charge in [-0.05, 0) is 17.7 Å². The molecule has 1 unspecified atom stereocenters. The maximum atomic E-state index is 8.99. The van der Waals surface area contributed by atoms with Gasteiger partial charge in [0.2, 0.25) is 0 Å². The molecular weight excluding hydrogens is 182 g/mol. The molecule has 2 aromatic rings. The Labute approximate surface area is 80.9 Å². The number of rotatable bonds is 2. The Bertz CT molecular complexity index is 410. The molecule has 0 aliphatic rings. The largest absolute Gasteiger partial charge is 0.396 e. The fourth-order valence-corrected chi connectivity index (χ4v) is 1.95. The molecule has 0 spiro atoms. The molecule has 13 heavy (non-hydrogen) atoms. The van der Waals surface area contributed by atoms with Crippen LogP contribution in [-0.4, -0.2) is 16.7 Å². The van der Waals surface area contributed by atoms with Crippen LogP contribution in [0.15, 0.2) is 23.7 Å². The van der Waals surface area contributed by atoms with Crippen molar-refractivity contribution in [2.24, 2.45) is 0 Å². The number of benzene rings is 1. The zero-order valence-corrected chi connectivity index (χ0v) is 8.21. The summed E-state index contributed by atoms with van der Waals surface area (Å²) in [5.41, 5.74) is 4.03. The highest BCUT2D eigenvalue weighted by Gasteiger charge is 2.05. The summed E-state index contributed by atoms with van der Waals surface area (Å²) in [7, 11) is 0. The molecular formula is C10H11NOS. The summed E-state index contributed by atoms with van der Waals surface area (Å²) in [5, 5.41) is 8.99. The lowest BCUT2D eigenvalue weighted by Gasteiger charge is -2.06. The lowest BCUT2D eigenvalue weighted by molar-refractivity contribution is 0.273. The van der Waals surface area contributed by atoms with E-state index in [1.807, 2.05) is 18.5 Å². The summed E-state index contributed by atoms with van der Waals surface area (Å²) >= 11 is 1.64. The van der Waals surface area contributed by atoms with Crippen LogP contribution in [0.2, 0.25) is 0 Å². The van der Waals surface area contributed by atoms with Crippen molar-refractivity contribution in [1.29, 1.82) is 0 Å². The van der Waals surface area contributed by atoms with E-state index in [0.29, 0.717) is 0 Å². The second-order valence-corrected chi connectivity index (χ2v) is 4.05. The van der Waals surface area contributed by atoms with Gasteiger partial charge in [0.05, 0.1) is 15.7 Å². The molecule has 2 nitrogen and oxygen atoms in total. The normalized spacial score (nSPS) is 13.4. The van der Waals surface area contributed by atoms with E-state index in [9.17, 15) is 0 Å². The monoisotopic (exact) mass is 193 g/mol. The highest BCUT2D eigenvalue weighted by molar-refractivity contribution is 7.16. The molecule has 0 aliphatic carbocycles. The van der Waals surface area contributed by atoms with Gasteiger partial charge in [-0.25, -0.2) is 4.98 Å². The first-order chi connectivity index (χ1) is 6.31. The number of aliphatic hydroxyl groups is 1. The Balaban J connectivity index is 2.48. The number of hydrogen-bond donors (Lipinski definition) is 1. The highest BCUT2D eigenvalue weighted by Crippen LogP contribution is 2.22. The Morgan fingerprint density at radius 1 is 1.54 bits per heavy atom. The van der Waals surface area contributed by atoms with Crippen LogP contribution in [0.5, 0.6) is 0 Å². The molecule has 1 atom stereocenters. The Morgan fingerprint density at radius 3 is 3.15 bits per heavy atom. The molecule has 0 saturated carbocycles. The predicted molar refractivity (Wildman–Crippen MR) is 55.1 cm³/mol. The van der Waals surface area contributed by atoms with Crippen LogP contribution in [0.4, 0.5) is 0 Å². The second-order valence-electron chi connectivity index (χ2n) is 3.16. The van der Waals surface area contributed by atoms with Crippen LogP contribution in [0.25, 0.3) is 10.2 Å². The minimum Gasteiger partial charge on any atom is -0.396 e. The molecule has 0 aliphatic heterocycles. The van der Waals surface area contributed by atoms with Crippen LogP contribution < -0.4 is 0 Å². The third-order valence-electron chi connectivity index (χ3n) is 2.20. The van der Waals surface area contributed by atoms with Crippen molar-refractivity contribution >= 4 is 21.6 Å². The molecule has 1 aromatic carbocycles. The molecule has 68 valence electrons. The summed E-state index contributed by atoms with van der Waals surface area (Å²) < 4.78 is 1.20. The second kappa shape index (κ2) is 3.44. The first-order valence-electron chi connectivity index (χ1n) is 4.25. The van der Waals surface area contributed by atoms with E-state index < -0.39 is 0 Å². The third kappa shape index (κ3) is 1.57. The number of fused-ring (bicyclic) bond motifs is 1. The van der Waals surface area contributed by atoms with Crippen molar-refractivity contribution in [3.05, 3.63) is 29.3 Å². The molecule has 0 amide bonds. The summed E-state index contributed by atoms with van der Waals surface area (Å²) in [6, 6.07) is 6.17. The van der Waals surface area contributed by atoms with E-state index in [1.54, 1.807) is 11.3 Å². The van der Waals surface area contributed by atoms with Gasteiger partial charge < -0.3 is 5.11 Å². The van der Waals surface area contributed by atoms with Gasteiger partial charge in [0.15, 0.2) is 0 Å². The van der Waals surface area contributed by atoms with Gasteiger partial charge in [-0.15, -0.1) is 11.3 Å². The average molecular weight is 193 g/mol. The van der Waals surface area contributed by atoms with Crippen molar-refractivity contribution < 1.29 is 5.11 Å². The van der Waals surface area contributed by atoms with Gasteiger partial charge in [0, 0.05) is 12.5 Å². The lowest BCUT2D eigenvalue weighted by Crippen LogP contribution is -1.97. The van der Waals surface area contributed by atoms with E-state index in [2.05, 4.69) is 17.1 Å². The van der Waals surface area contributed by atoms with Crippen molar-refractivity contribution in [3.63, 3.8) is 0 Å². The van der Waals surface area contributed by atoms with Gasteiger partial charge in [0.25, 0.3) is 0 Å². The first kappa shape index (κ1) is 8.66. The Kier molecular flexibility index (Phi) is 2.29. The molecule has 3 heteroatoms. The third-order valence-corrected chi connectivity index (χ3v) is 3.01. The van der Waals surface area contributed by atoms with Crippen LogP contribution >= 0.6 is 11.3 Å². The zero-order valence-electron chi connectivity index (χ0n) is 7.40. The van der Waals surface area contributed by atoms with Gasteiger partial charge in [-0.2, -0.15) is 0 Å². The van der Waals surface area contributed by atoms with E-state index in [0.717, 1.165) is 11.1 Å². The van der Waals surface area contributed by atoms with Crippen molar-refractivity contribution in [3.8, 4) is 0 Å². The van der Waals surface area contributed by atoms with Crippen molar-refractivity contribution in [2.75, 3.05) is 6.61 Å². The summed E-state index contributed by atoms with van der Waals surface area (Å²) in [5.74, 6) is 0.200. The average Bonchev–Trinajstić information content (AvgIpc) is 2.63. The van der Waals surface area contributed by atoms with Gasteiger partial charge in [-0.3, -0.25) is 0 Å². The van der Waals surface area contributed by atoms with Crippen LogP contribution in [0, 0.1) is 0 Å². The molecule has 1 heterocycles. The van der Waals surface area contributed by atoms with Crippen molar-refractivity contribution in [1.82, 2.24) is 4.98 Å². The quantitative estimate of drug-likeness (QED) is 0.794. The van der Waals surface area contributed by atoms with Gasteiger partial charge in [-0.1, -0.05) is 13.0 Å². The number of aliphatic hydroxyl groups excluding tert-OH is 1. The SMILES string of the molecule is CC(CO)c1ccc2scnc2c1. The smallest absolute Gasteiger partial charge is 0.0814 e. The fraction of sp³-hybridized carbons (Fsp3) is 0.300. The minimum absolute atomic E-state index is 0.190. The topological polar surface area (TPSA) is 33.1 Å². The van der Waals surface area contributed by atoms with E-state index >= 15 is 0 Å². The van der Waals surface area contributed by atoms with Crippen molar-refractivity contribution in [2.45, 2.75) is 12.8 Å². The van der Waals surface area contributed by atoms with E-state index in [-0.39, 0.29) is 12.5 Å². The molecule has 0 radical (unpaired) electrons. The standard InChI is InChI=1S/C10H11NOS/c1-7(5-12)8-2-3-10-9(4-8)11-6-13-10/h2-4,6-7,12H,5H2,1H3. The number of aromatic nitrogens is 1. The molecule has 1 aromatic heterocycles. The summed E-state index contributed by atoms with van der Waals surface area (Å²) in [6.07, 6.45) is 0. The summed E-state index contributed by atoms with van der Waals surface area (Å²) in [4.78, 5) is 4.23. The van der Waals surface area contributed by atoms with Gasteiger partial charge in [0.1, 0.15) is 0 Å². The maximum Gasteiger partial charge on any atom is 0.0814 e. The predicted octanol–water partition coefficient (Wildman–Crippen LogP) is 2.39. The zero-order chi connectivity index (χ0) is 9.26. The minimum atomic E-state index is 0.190. The van der Waals surface area contributed by atoms with Crippen LogP contribution in [-0.2, 0) is 0 Å². The number of thiazole rings is 1. The molecule has 1 N–H and O–H groups in total.